The molecule has 1 unspecified atom stereocenters. The lowest BCUT2D eigenvalue weighted by molar-refractivity contribution is 0.660. The van der Waals surface area contributed by atoms with Crippen molar-refractivity contribution in [2.45, 2.75) is 12.7 Å². The minimum absolute atomic E-state index is 0.262. The van der Waals surface area contributed by atoms with Gasteiger partial charge in [-0.25, -0.2) is 15.0 Å². The van der Waals surface area contributed by atoms with Gasteiger partial charge in [0, 0.05) is 21.9 Å². The zero-order chi connectivity index (χ0) is 54.7. The summed E-state index contributed by atoms with van der Waals surface area (Å²) in [5.41, 5.74) is 31.0. The average Bonchev–Trinajstić information content (AvgIpc) is 4.13. The Morgan fingerprint density at radius 2 is 0.951 bits per heavy atom. The maximum absolute atomic E-state index is 7.62. The molecule has 3 heterocycles. The van der Waals surface area contributed by atoms with Crippen LogP contribution in [0.1, 0.15) is 28.4 Å². The lowest BCUT2D eigenvalue weighted by Gasteiger charge is -2.26. The van der Waals surface area contributed by atoms with E-state index >= 15 is 0 Å². The molecule has 388 valence electrons. The summed E-state index contributed by atoms with van der Waals surface area (Å²) in [5.74, 6) is 1.72. The van der Waals surface area contributed by atoms with Crippen LogP contribution < -0.4 is 16.8 Å². The molecule has 12 aromatic rings. The van der Waals surface area contributed by atoms with Crippen molar-refractivity contribution in [3.8, 4) is 55.9 Å². The quantitative estimate of drug-likeness (QED) is 0.0929. The van der Waals surface area contributed by atoms with Gasteiger partial charge in [0.15, 0.2) is 11.7 Å². The van der Waals surface area contributed by atoms with Crippen molar-refractivity contribution in [1.82, 2.24) is 14.5 Å². The monoisotopic (exact) mass is 1050 g/mol. The van der Waals surface area contributed by atoms with E-state index in [9.17, 15) is 0 Å². The summed E-state index contributed by atoms with van der Waals surface area (Å²) in [6.07, 6.45) is -0.587. The number of anilines is 2. The topological polar surface area (TPSA) is 136 Å². The van der Waals surface area contributed by atoms with E-state index in [-0.39, 0.29) is 6.54 Å². The van der Waals surface area contributed by atoms with Gasteiger partial charge in [-0.05, 0) is 98.8 Å². The molecule has 0 radical (unpaired) electrons. The molecule has 10 heteroatoms. The second-order valence-electron chi connectivity index (χ2n) is 19.8. The van der Waals surface area contributed by atoms with E-state index < -0.39 is 6.17 Å². The SMILES string of the molecule is C=N/C(=N\C(=NCc1cccc(-c2ccccc2)c1)n1c(-c2c(N)c3ccccc3n2C2=NC(c3cccc(-c4ccccc4)c3)=NC(c3cccc(-c4ccccc4)c3)N2)c(N)c2ccccc21)c1cccc(-c2ccccc2)c1. The molecule has 0 amide bonds. The number of nitrogens with two attached hydrogens (primary N) is 2. The summed E-state index contributed by atoms with van der Waals surface area (Å²) < 4.78 is 4.09. The first-order valence-electron chi connectivity index (χ1n) is 26.9. The highest BCUT2D eigenvalue weighted by atomic mass is 15.3. The van der Waals surface area contributed by atoms with Gasteiger partial charge in [-0.2, -0.15) is 9.98 Å². The number of aromatic nitrogens is 2. The molecule has 5 N–H and O–H groups in total. The smallest absolute Gasteiger partial charge is 0.232 e. The lowest BCUT2D eigenvalue weighted by Crippen LogP contribution is -2.38. The van der Waals surface area contributed by atoms with E-state index in [1.54, 1.807) is 0 Å². The number of amidine groups is 2. The third kappa shape index (κ3) is 9.79. The molecule has 10 nitrogen and oxygen atoms in total. The molecule has 0 saturated carbocycles. The van der Waals surface area contributed by atoms with Crippen LogP contribution in [0.3, 0.4) is 0 Å². The first-order valence-corrected chi connectivity index (χ1v) is 26.9. The molecule has 10 aromatic carbocycles. The van der Waals surface area contributed by atoms with Gasteiger partial charge < -0.3 is 16.8 Å². The van der Waals surface area contributed by atoms with E-state index in [0.717, 1.165) is 88.6 Å². The van der Waals surface area contributed by atoms with E-state index in [4.69, 9.17) is 31.4 Å². The Labute approximate surface area is 469 Å². The number of para-hydroxylation sites is 2. The van der Waals surface area contributed by atoms with Crippen LogP contribution in [0.5, 0.6) is 0 Å². The summed E-state index contributed by atoms with van der Waals surface area (Å²) in [4.78, 5) is 26.5. The van der Waals surface area contributed by atoms with Crippen molar-refractivity contribution < 1.29 is 0 Å². The van der Waals surface area contributed by atoms with Crippen molar-refractivity contribution in [1.29, 1.82) is 0 Å². The van der Waals surface area contributed by atoms with Gasteiger partial charge in [0.2, 0.25) is 11.9 Å². The fourth-order valence-electron chi connectivity index (χ4n) is 10.8. The van der Waals surface area contributed by atoms with E-state index in [2.05, 4.69) is 173 Å². The fourth-order valence-corrected chi connectivity index (χ4v) is 10.8. The predicted octanol–water partition coefficient (Wildman–Crippen LogP) is 15.6. The Bertz CT molecular complexity index is 4440. The number of rotatable bonds is 10. The van der Waals surface area contributed by atoms with Crippen molar-refractivity contribution in [2.75, 3.05) is 11.5 Å². The molecule has 81 heavy (non-hydrogen) atoms. The maximum Gasteiger partial charge on any atom is 0.232 e. The van der Waals surface area contributed by atoms with Gasteiger partial charge in [0.25, 0.3) is 0 Å². The van der Waals surface area contributed by atoms with Gasteiger partial charge in [-0.15, -0.1) is 0 Å². The minimum atomic E-state index is -0.587. The van der Waals surface area contributed by atoms with Gasteiger partial charge in [0.1, 0.15) is 6.17 Å². The van der Waals surface area contributed by atoms with Crippen molar-refractivity contribution in [2.24, 2.45) is 25.0 Å². The van der Waals surface area contributed by atoms with Crippen LogP contribution >= 0.6 is 0 Å². The lowest BCUT2D eigenvalue weighted by atomic mass is 10.0. The standard InChI is InChI=1S/C71H54N10/c1-74-67(56-35-19-32-53(43-56)49-25-8-3-9-26-49)77-70(75-46-47-22-18-31-52(42-47)48-23-6-2-7-24-48)80-61-40-16-14-38-59(61)63(72)65(80)66-64(73)60-39-15-17-41-62(60)81(66)71-78-68(57-36-20-33-54(44-57)50-27-10-4-11-28-50)76-69(79-71)58-37-21-34-55(45-58)51-29-12-5-13-30-51/h2-45,68H,1,46,72-73H2,(H,76,78,79)/b75-70?,77-67-. The van der Waals surface area contributed by atoms with Crippen LogP contribution in [0.15, 0.2) is 292 Å². The van der Waals surface area contributed by atoms with Crippen LogP contribution in [-0.2, 0) is 6.54 Å². The highest BCUT2D eigenvalue weighted by Crippen LogP contribution is 2.44. The van der Waals surface area contributed by atoms with Crippen molar-refractivity contribution in [3.05, 3.63) is 289 Å². The van der Waals surface area contributed by atoms with E-state index in [1.807, 2.05) is 120 Å². The molecule has 0 spiro atoms. The number of hydrogen-bond acceptors (Lipinski definition) is 6. The van der Waals surface area contributed by atoms with Crippen LogP contribution in [0.25, 0.3) is 77.7 Å². The van der Waals surface area contributed by atoms with Gasteiger partial charge >= 0.3 is 0 Å². The van der Waals surface area contributed by atoms with Crippen LogP contribution in [0, 0.1) is 0 Å². The highest BCUT2D eigenvalue weighted by Gasteiger charge is 2.31. The Morgan fingerprint density at radius 1 is 0.469 bits per heavy atom. The molecule has 2 aromatic heterocycles. The molecule has 13 rings (SSSR count). The summed E-state index contributed by atoms with van der Waals surface area (Å²) >= 11 is 0. The molecular formula is C71H54N10. The third-order valence-corrected chi connectivity index (χ3v) is 14.8. The molecule has 0 saturated heterocycles. The average molecular weight is 1050 g/mol. The number of hydrogen-bond donors (Lipinski definition) is 3. The predicted molar refractivity (Wildman–Crippen MR) is 337 cm³/mol. The van der Waals surface area contributed by atoms with E-state index in [0.29, 0.717) is 46.4 Å². The normalized spacial score (nSPS) is 13.7. The molecule has 0 bridgehead atoms. The highest BCUT2D eigenvalue weighted by molar-refractivity contribution is 6.19. The maximum atomic E-state index is 7.62. The molecular weight excluding hydrogens is 993 g/mol. The molecule has 0 aliphatic carbocycles. The Kier molecular flexibility index (Phi) is 13.4. The molecule has 1 atom stereocenters. The number of nitrogens with one attached hydrogen (secondary N) is 1. The zero-order valence-electron chi connectivity index (χ0n) is 44.2. The van der Waals surface area contributed by atoms with Crippen LogP contribution in [-0.4, -0.2) is 39.4 Å². The largest absolute Gasteiger partial charge is 0.396 e. The van der Waals surface area contributed by atoms with Gasteiger partial charge in [-0.1, -0.05) is 231 Å². The summed E-state index contributed by atoms with van der Waals surface area (Å²) in [7, 11) is 0. The Hall–Kier alpha value is -11.0. The number of aliphatic imine (C=N–C) groups is 5. The molecule has 1 aliphatic rings. The zero-order valence-corrected chi connectivity index (χ0v) is 44.2. The first kappa shape index (κ1) is 49.6. The first-order chi connectivity index (χ1) is 40.0. The third-order valence-electron chi connectivity index (χ3n) is 14.8. The molecule has 1 aliphatic heterocycles. The van der Waals surface area contributed by atoms with Crippen molar-refractivity contribution in [3.63, 3.8) is 0 Å². The van der Waals surface area contributed by atoms with Crippen LogP contribution in [0.4, 0.5) is 11.4 Å². The summed E-state index contributed by atoms with van der Waals surface area (Å²) in [6.45, 7) is 4.36. The molecule has 0 fully saturated rings. The number of benzene rings is 10. The second kappa shape index (κ2) is 21.8. The Balaban J connectivity index is 1.04. The van der Waals surface area contributed by atoms with Crippen LogP contribution in [0.2, 0.25) is 0 Å². The fraction of sp³-hybridized carbons (Fsp3) is 0.0282. The summed E-state index contributed by atoms with van der Waals surface area (Å²) in [5, 5.41) is 5.40. The van der Waals surface area contributed by atoms with Gasteiger partial charge in [0.05, 0.1) is 40.3 Å². The van der Waals surface area contributed by atoms with Gasteiger partial charge in [-0.3, -0.25) is 9.13 Å². The number of fused-ring (bicyclic) bond motifs is 2. The summed E-state index contributed by atoms with van der Waals surface area (Å²) in [6, 6.07) is 90.9. The minimum Gasteiger partial charge on any atom is -0.396 e. The Morgan fingerprint density at radius 3 is 1.58 bits per heavy atom. The second-order valence-corrected chi connectivity index (χ2v) is 19.8. The number of nitrogen functional groups attached to an aromatic ring is 2. The van der Waals surface area contributed by atoms with Crippen molar-refractivity contribution >= 4 is 63.5 Å². The number of nitrogens with zero attached hydrogens (tertiary/aromatic N) is 7. The van der Waals surface area contributed by atoms with E-state index in [1.165, 1.54) is 0 Å².